The predicted molar refractivity (Wildman–Crippen MR) is 84.1 cm³/mol. The maximum atomic E-state index is 5.63. The first-order valence-corrected chi connectivity index (χ1v) is 6.91. The van der Waals surface area contributed by atoms with E-state index in [9.17, 15) is 0 Å². The molecule has 2 aromatic rings. The number of thiocarbonyl (C=S) groups is 1. The lowest BCUT2D eigenvalue weighted by molar-refractivity contribution is 0.870. The van der Waals surface area contributed by atoms with Crippen LogP contribution in [-0.2, 0) is 0 Å². The van der Waals surface area contributed by atoms with Crippen LogP contribution in [0.25, 0.3) is 0 Å². The smallest absolute Gasteiger partial charge is 0.155 e. The Morgan fingerprint density at radius 1 is 1.26 bits per heavy atom. The van der Waals surface area contributed by atoms with Crippen LogP contribution in [0, 0.1) is 0 Å². The van der Waals surface area contributed by atoms with Gasteiger partial charge in [0.15, 0.2) is 5.82 Å². The van der Waals surface area contributed by atoms with Crippen LogP contribution in [0.2, 0.25) is 0 Å². The molecule has 0 aliphatic carbocycles. The minimum absolute atomic E-state index is 0.0814. The summed E-state index contributed by atoms with van der Waals surface area (Å²) >= 11 is 8.38. The van der Waals surface area contributed by atoms with Crippen LogP contribution >= 0.6 is 28.1 Å². The number of nitrogens with zero attached hydrogens (tertiary/aromatic N) is 2. The van der Waals surface area contributed by atoms with Gasteiger partial charge in [0.1, 0.15) is 10.7 Å². The number of nitrogens with two attached hydrogens (primary N) is 1. The molecule has 0 saturated heterocycles. The van der Waals surface area contributed by atoms with Crippen molar-refractivity contribution in [3.05, 3.63) is 52.4 Å². The largest absolute Gasteiger partial charge is 0.388 e. The highest BCUT2D eigenvalue weighted by atomic mass is 79.9. The minimum Gasteiger partial charge on any atom is -0.388 e. The third kappa shape index (κ3) is 3.48. The highest BCUT2D eigenvalue weighted by Gasteiger charge is 2.11. The maximum Gasteiger partial charge on any atom is 0.155 e. The van der Waals surface area contributed by atoms with Crippen LogP contribution in [0.15, 0.2) is 41.1 Å². The van der Waals surface area contributed by atoms with Gasteiger partial charge in [-0.3, -0.25) is 0 Å². The normalized spacial score (nSPS) is 11.9. The van der Waals surface area contributed by atoms with Gasteiger partial charge < -0.3 is 11.1 Å². The molecule has 1 heterocycles. The summed E-state index contributed by atoms with van der Waals surface area (Å²) < 4.78 is 1.05. The standard InChI is InChI=1S/C13H13BrN4S/c1-8(9-2-4-10(14)5-3-9)18-13-11(12(15)19)16-6-7-17-13/h2-8H,1H3,(H2,15,19)(H,17,18). The molecule has 0 radical (unpaired) electrons. The van der Waals surface area contributed by atoms with Crippen molar-refractivity contribution >= 4 is 39.0 Å². The molecule has 98 valence electrons. The second-order valence-electron chi connectivity index (χ2n) is 4.04. The molecule has 2 rings (SSSR count). The predicted octanol–water partition coefficient (Wildman–Crippen LogP) is 3.05. The van der Waals surface area contributed by atoms with Crippen LogP contribution < -0.4 is 11.1 Å². The molecule has 0 aliphatic rings. The molecule has 0 amide bonds. The number of nitrogens with one attached hydrogen (secondary N) is 1. The molecule has 3 N–H and O–H groups in total. The molecule has 0 bridgehead atoms. The van der Waals surface area contributed by atoms with E-state index >= 15 is 0 Å². The molecular formula is C13H13BrN4S. The summed E-state index contributed by atoms with van der Waals surface area (Å²) in [4.78, 5) is 8.61. The first-order chi connectivity index (χ1) is 9.08. The lowest BCUT2D eigenvalue weighted by Crippen LogP contribution is -2.17. The molecule has 1 aromatic carbocycles. The van der Waals surface area contributed by atoms with E-state index in [2.05, 4.69) is 31.2 Å². The van der Waals surface area contributed by atoms with E-state index in [1.54, 1.807) is 12.4 Å². The zero-order valence-corrected chi connectivity index (χ0v) is 12.7. The van der Waals surface area contributed by atoms with Gasteiger partial charge in [0.05, 0.1) is 6.04 Å². The SMILES string of the molecule is CC(Nc1nccnc1C(N)=S)c1ccc(Br)cc1. The van der Waals surface area contributed by atoms with E-state index in [0.717, 1.165) is 10.0 Å². The van der Waals surface area contributed by atoms with E-state index in [1.807, 2.05) is 31.2 Å². The lowest BCUT2D eigenvalue weighted by atomic mass is 10.1. The number of hydrogen-bond acceptors (Lipinski definition) is 4. The molecule has 0 fully saturated rings. The molecular weight excluding hydrogens is 324 g/mol. The van der Waals surface area contributed by atoms with Gasteiger partial charge >= 0.3 is 0 Å². The van der Waals surface area contributed by atoms with Gasteiger partial charge in [-0.15, -0.1) is 0 Å². The molecule has 1 unspecified atom stereocenters. The summed E-state index contributed by atoms with van der Waals surface area (Å²) in [6, 6.07) is 8.16. The summed E-state index contributed by atoms with van der Waals surface area (Å²) in [5.41, 5.74) is 7.29. The summed E-state index contributed by atoms with van der Waals surface area (Å²) in [5.74, 6) is 0.602. The lowest BCUT2D eigenvalue weighted by Gasteiger charge is -2.16. The van der Waals surface area contributed by atoms with Crippen molar-refractivity contribution in [2.24, 2.45) is 5.73 Å². The van der Waals surface area contributed by atoms with Gasteiger partial charge in [-0.2, -0.15) is 0 Å². The van der Waals surface area contributed by atoms with Crippen molar-refractivity contribution in [3.8, 4) is 0 Å². The Labute approximate surface area is 125 Å². The Balaban J connectivity index is 2.21. The van der Waals surface area contributed by atoms with E-state index in [-0.39, 0.29) is 11.0 Å². The van der Waals surface area contributed by atoms with E-state index in [4.69, 9.17) is 18.0 Å². The Morgan fingerprint density at radius 2 is 1.89 bits per heavy atom. The van der Waals surface area contributed by atoms with Gasteiger partial charge in [-0.05, 0) is 24.6 Å². The van der Waals surface area contributed by atoms with Crippen molar-refractivity contribution in [2.45, 2.75) is 13.0 Å². The Bertz CT molecular complexity index is 585. The molecule has 19 heavy (non-hydrogen) atoms. The third-order valence-electron chi connectivity index (χ3n) is 2.65. The summed E-state index contributed by atoms with van der Waals surface area (Å²) in [6.07, 6.45) is 3.18. The highest BCUT2D eigenvalue weighted by Crippen LogP contribution is 2.21. The minimum atomic E-state index is 0.0814. The topological polar surface area (TPSA) is 63.8 Å². The van der Waals surface area contributed by atoms with Crippen LogP contribution in [0.5, 0.6) is 0 Å². The highest BCUT2D eigenvalue weighted by molar-refractivity contribution is 9.10. The third-order valence-corrected chi connectivity index (χ3v) is 3.38. The molecule has 6 heteroatoms. The van der Waals surface area contributed by atoms with Crippen molar-refractivity contribution in [2.75, 3.05) is 5.32 Å². The average molecular weight is 337 g/mol. The van der Waals surface area contributed by atoms with Gasteiger partial charge in [-0.1, -0.05) is 40.3 Å². The summed E-state index contributed by atoms with van der Waals surface area (Å²) in [7, 11) is 0. The Kier molecular flexibility index (Phi) is 4.44. The summed E-state index contributed by atoms with van der Waals surface area (Å²) in [6.45, 7) is 2.04. The second kappa shape index (κ2) is 6.08. The van der Waals surface area contributed by atoms with Gasteiger partial charge in [0.25, 0.3) is 0 Å². The summed E-state index contributed by atoms with van der Waals surface area (Å²) in [5, 5.41) is 3.27. The van der Waals surface area contributed by atoms with Crippen molar-refractivity contribution < 1.29 is 0 Å². The van der Waals surface area contributed by atoms with Gasteiger partial charge in [-0.25, -0.2) is 9.97 Å². The second-order valence-corrected chi connectivity index (χ2v) is 5.39. The molecule has 1 atom stereocenters. The molecule has 1 aromatic heterocycles. The Morgan fingerprint density at radius 3 is 2.53 bits per heavy atom. The maximum absolute atomic E-state index is 5.63. The fourth-order valence-electron chi connectivity index (χ4n) is 1.66. The van der Waals surface area contributed by atoms with Gasteiger partial charge in [0, 0.05) is 16.9 Å². The number of rotatable bonds is 4. The number of halogens is 1. The Hall–Kier alpha value is -1.53. The molecule has 0 spiro atoms. The first-order valence-electron chi connectivity index (χ1n) is 5.70. The molecule has 0 aliphatic heterocycles. The number of anilines is 1. The van der Waals surface area contributed by atoms with Crippen molar-refractivity contribution in [3.63, 3.8) is 0 Å². The monoisotopic (exact) mass is 336 g/mol. The average Bonchev–Trinajstić information content (AvgIpc) is 2.39. The zero-order valence-electron chi connectivity index (χ0n) is 10.3. The van der Waals surface area contributed by atoms with E-state index < -0.39 is 0 Å². The van der Waals surface area contributed by atoms with E-state index in [0.29, 0.717) is 11.5 Å². The quantitative estimate of drug-likeness (QED) is 0.840. The van der Waals surface area contributed by atoms with E-state index in [1.165, 1.54) is 0 Å². The van der Waals surface area contributed by atoms with Crippen molar-refractivity contribution in [1.82, 2.24) is 9.97 Å². The molecule has 0 saturated carbocycles. The van der Waals surface area contributed by atoms with Crippen molar-refractivity contribution in [1.29, 1.82) is 0 Å². The van der Waals surface area contributed by atoms with Crippen LogP contribution in [0.3, 0.4) is 0 Å². The van der Waals surface area contributed by atoms with Crippen LogP contribution in [-0.4, -0.2) is 15.0 Å². The number of hydrogen-bond donors (Lipinski definition) is 2. The van der Waals surface area contributed by atoms with Crippen LogP contribution in [0.1, 0.15) is 24.2 Å². The number of benzene rings is 1. The van der Waals surface area contributed by atoms with Gasteiger partial charge in [0.2, 0.25) is 0 Å². The number of aromatic nitrogens is 2. The molecule has 4 nitrogen and oxygen atoms in total. The fourth-order valence-corrected chi connectivity index (χ4v) is 2.08. The fraction of sp³-hybridized carbons (Fsp3) is 0.154. The zero-order chi connectivity index (χ0) is 13.8. The van der Waals surface area contributed by atoms with Crippen LogP contribution in [0.4, 0.5) is 5.82 Å². The first kappa shape index (κ1) is 13.9.